The van der Waals surface area contributed by atoms with Crippen LogP contribution in [0.4, 0.5) is 4.39 Å². The molecular weight excluding hydrogens is 257 g/mol. The zero-order chi connectivity index (χ0) is 13.1. The molecule has 0 spiro atoms. The summed E-state index contributed by atoms with van der Waals surface area (Å²) >= 11 is 1.05. The predicted octanol–water partition coefficient (Wildman–Crippen LogP) is 2.87. The highest BCUT2D eigenvalue weighted by molar-refractivity contribution is 7.11. The quantitative estimate of drug-likeness (QED) is 0.925. The fourth-order valence-electron chi connectivity index (χ4n) is 1.40. The maximum Gasteiger partial charge on any atom is 0.365 e. The molecule has 0 aliphatic heterocycles. The summed E-state index contributed by atoms with van der Waals surface area (Å²) in [7, 11) is 0. The Kier molecular flexibility index (Phi) is 3.57. The second-order valence-corrected chi connectivity index (χ2v) is 4.51. The molecule has 1 aromatic heterocycles. The standard InChI is InChI=1S/C12H10FNO3S/c1-7-4-8(13)2-3-10(7)17-5-9-6-18-11(14-9)12(15)16/h2-4,6H,5H2,1H3,(H,15,16). The summed E-state index contributed by atoms with van der Waals surface area (Å²) in [6.07, 6.45) is 0. The van der Waals surface area contributed by atoms with E-state index in [0.717, 1.165) is 11.3 Å². The normalized spacial score (nSPS) is 10.3. The third-order valence-electron chi connectivity index (χ3n) is 2.25. The number of rotatable bonds is 4. The Bertz CT molecular complexity index is 582. The molecule has 0 amide bonds. The highest BCUT2D eigenvalue weighted by atomic mass is 32.1. The third kappa shape index (κ3) is 2.84. The van der Waals surface area contributed by atoms with E-state index < -0.39 is 5.97 Å². The predicted molar refractivity (Wildman–Crippen MR) is 64.5 cm³/mol. The van der Waals surface area contributed by atoms with Gasteiger partial charge in [-0.3, -0.25) is 0 Å². The van der Waals surface area contributed by atoms with Gasteiger partial charge in [0.2, 0.25) is 5.01 Å². The lowest BCUT2D eigenvalue weighted by molar-refractivity contribution is 0.0696. The van der Waals surface area contributed by atoms with Crippen molar-refractivity contribution in [2.75, 3.05) is 0 Å². The van der Waals surface area contributed by atoms with Crippen LogP contribution >= 0.6 is 11.3 Å². The molecule has 4 nitrogen and oxygen atoms in total. The summed E-state index contributed by atoms with van der Waals surface area (Å²) in [6.45, 7) is 1.90. The zero-order valence-electron chi connectivity index (χ0n) is 9.51. The largest absolute Gasteiger partial charge is 0.487 e. The first kappa shape index (κ1) is 12.5. The van der Waals surface area contributed by atoms with Crippen LogP contribution in [-0.2, 0) is 6.61 Å². The van der Waals surface area contributed by atoms with Gasteiger partial charge in [0.05, 0.1) is 5.69 Å². The van der Waals surface area contributed by atoms with E-state index in [4.69, 9.17) is 9.84 Å². The summed E-state index contributed by atoms with van der Waals surface area (Å²) < 4.78 is 18.3. The smallest absolute Gasteiger partial charge is 0.365 e. The van der Waals surface area contributed by atoms with E-state index in [9.17, 15) is 9.18 Å². The van der Waals surface area contributed by atoms with E-state index in [1.807, 2.05) is 0 Å². The van der Waals surface area contributed by atoms with Crippen LogP contribution in [-0.4, -0.2) is 16.1 Å². The van der Waals surface area contributed by atoms with Crippen LogP contribution in [0.25, 0.3) is 0 Å². The maximum absolute atomic E-state index is 12.9. The lowest BCUT2D eigenvalue weighted by atomic mass is 10.2. The number of aryl methyl sites for hydroxylation is 1. The number of nitrogens with zero attached hydrogens (tertiary/aromatic N) is 1. The van der Waals surface area contributed by atoms with Gasteiger partial charge in [-0.25, -0.2) is 14.2 Å². The monoisotopic (exact) mass is 267 g/mol. The number of carboxylic acid groups (broad SMARTS) is 1. The van der Waals surface area contributed by atoms with E-state index >= 15 is 0 Å². The molecule has 0 radical (unpaired) electrons. The maximum atomic E-state index is 12.9. The van der Waals surface area contributed by atoms with Crippen molar-refractivity contribution in [1.82, 2.24) is 4.98 Å². The molecule has 0 bridgehead atoms. The second-order valence-electron chi connectivity index (χ2n) is 3.65. The van der Waals surface area contributed by atoms with E-state index in [1.54, 1.807) is 12.3 Å². The Labute approximate surface area is 107 Å². The van der Waals surface area contributed by atoms with Crippen LogP contribution in [0.15, 0.2) is 23.6 Å². The summed E-state index contributed by atoms with van der Waals surface area (Å²) in [4.78, 5) is 14.5. The molecule has 1 heterocycles. The van der Waals surface area contributed by atoms with Crippen molar-refractivity contribution >= 4 is 17.3 Å². The van der Waals surface area contributed by atoms with Gasteiger partial charge in [0.15, 0.2) is 0 Å². The summed E-state index contributed by atoms with van der Waals surface area (Å²) in [5.41, 5.74) is 1.23. The van der Waals surface area contributed by atoms with E-state index in [-0.39, 0.29) is 17.4 Å². The van der Waals surface area contributed by atoms with E-state index in [2.05, 4.69) is 4.98 Å². The molecule has 18 heavy (non-hydrogen) atoms. The Hall–Kier alpha value is -1.95. The molecule has 0 aliphatic rings. The molecule has 0 saturated heterocycles. The molecule has 0 atom stereocenters. The van der Waals surface area contributed by atoms with Gasteiger partial charge < -0.3 is 9.84 Å². The Balaban J connectivity index is 2.04. The summed E-state index contributed by atoms with van der Waals surface area (Å²) in [5, 5.41) is 10.4. The van der Waals surface area contributed by atoms with Crippen molar-refractivity contribution in [3.63, 3.8) is 0 Å². The number of carbonyl (C=O) groups is 1. The van der Waals surface area contributed by atoms with Gasteiger partial charge in [-0.1, -0.05) is 0 Å². The van der Waals surface area contributed by atoms with Crippen molar-refractivity contribution in [2.24, 2.45) is 0 Å². The number of ether oxygens (including phenoxy) is 1. The number of benzene rings is 1. The lowest BCUT2D eigenvalue weighted by Gasteiger charge is -2.07. The second kappa shape index (κ2) is 5.14. The van der Waals surface area contributed by atoms with Crippen LogP contribution in [0.3, 0.4) is 0 Å². The molecule has 0 fully saturated rings. The Morgan fingerprint density at radius 2 is 2.33 bits per heavy atom. The highest BCUT2D eigenvalue weighted by Crippen LogP contribution is 2.20. The highest BCUT2D eigenvalue weighted by Gasteiger charge is 2.09. The van der Waals surface area contributed by atoms with Crippen molar-refractivity contribution in [2.45, 2.75) is 13.5 Å². The minimum absolute atomic E-state index is 0.0319. The van der Waals surface area contributed by atoms with Crippen molar-refractivity contribution in [3.05, 3.63) is 45.7 Å². The van der Waals surface area contributed by atoms with Crippen LogP contribution < -0.4 is 4.74 Å². The number of halogens is 1. The van der Waals surface area contributed by atoms with Crippen LogP contribution in [0.5, 0.6) is 5.75 Å². The number of aromatic carboxylic acids is 1. The van der Waals surface area contributed by atoms with Gasteiger partial charge in [-0.15, -0.1) is 11.3 Å². The summed E-state index contributed by atoms with van der Waals surface area (Å²) in [5.74, 6) is -0.813. The molecule has 0 saturated carbocycles. The first-order valence-corrected chi connectivity index (χ1v) is 6.01. The molecule has 0 unspecified atom stereocenters. The van der Waals surface area contributed by atoms with Gasteiger partial charge >= 0.3 is 5.97 Å². The minimum atomic E-state index is -1.05. The average molecular weight is 267 g/mol. The zero-order valence-corrected chi connectivity index (χ0v) is 10.3. The Morgan fingerprint density at radius 1 is 1.56 bits per heavy atom. The molecule has 2 rings (SSSR count). The number of hydrogen-bond acceptors (Lipinski definition) is 4. The Morgan fingerprint density at radius 3 is 2.94 bits per heavy atom. The lowest BCUT2D eigenvalue weighted by Crippen LogP contribution is -2.00. The number of hydrogen-bond donors (Lipinski definition) is 1. The average Bonchev–Trinajstić information content (AvgIpc) is 2.76. The van der Waals surface area contributed by atoms with Crippen LogP contribution in [0.1, 0.15) is 21.1 Å². The fraction of sp³-hybridized carbons (Fsp3) is 0.167. The molecule has 2 aromatic rings. The number of aromatic nitrogens is 1. The van der Waals surface area contributed by atoms with Gasteiger partial charge in [-0.05, 0) is 30.7 Å². The molecule has 1 aromatic carbocycles. The van der Waals surface area contributed by atoms with Crippen LogP contribution in [0.2, 0.25) is 0 Å². The van der Waals surface area contributed by atoms with E-state index in [0.29, 0.717) is 17.0 Å². The third-order valence-corrected chi connectivity index (χ3v) is 3.13. The topological polar surface area (TPSA) is 59.4 Å². The first-order valence-electron chi connectivity index (χ1n) is 5.13. The van der Waals surface area contributed by atoms with Gasteiger partial charge in [0.25, 0.3) is 0 Å². The SMILES string of the molecule is Cc1cc(F)ccc1OCc1csc(C(=O)O)n1. The molecule has 6 heteroatoms. The molecule has 0 aliphatic carbocycles. The van der Waals surface area contributed by atoms with Crippen molar-refractivity contribution in [1.29, 1.82) is 0 Å². The first-order chi connectivity index (χ1) is 8.56. The van der Waals surface area contributed by atoms with Crippen molar-refractivity contribution < 1.29 is 19.0 Å². The van der Waals surface area contributed by atoms with Gasteiger partial charge in [0, 0.05) is 5.38 Å². The number of carboxylic acids is 1. The summed E-state index contributed by atoms with van der Waals surface area (Å²) in [6, 6.07) is 4.22. The molecular formula is C12H10FNO3S. The van der Waals surface area contributed by atoms with Gasteiger partial charge in [-0.2, -0.15) is 0 Å². The van der Waals surface area contributed by atoms with Gasteiger partial charge in [0.1, 0.15) is 18.2 Å². The van der Waals surface area contributed by atoms with Crippen LogP contribution in [0, 0.1) is 12.7 Å². The minimum Gasteiger partial charge on any atom is -0.487 e. The van der Waals surface area contributed by atoms with E-state index in [1.165, 1.54) is 18.2 Å². The fourth-order valence-corrected chi connectivity index (χ4v) is 2.04. The molecule has 94 valence electrons. The number of thiazole rings is 1. The molecule has 1 N–H and O–H groups in total. The van der Waals surface area contributed by atoms with Crippen molar-refractivity contribution in [3.8, 4) is 5.75 Å².